The molecule has 3 aromatic rings. The number of sulfonamides is 1. The summed E-state index contributed by atoms with van der Waals surface area (Å²) < 4.78 is 28.6. The van der Waals surface area contributed by atoms with Crippen molar-refractivity contribution < 1.29 is 8.42 Å². The highest BCUT2D eigenvalue weighted by molar-refractivity contribution is 7.89. The van der Waals surface area contributed by atoms with Gasteiger partial charge in [-0.3, -0.25) is 4.68 Å². The van der Waals surface area contributed by atoms with Gasteiger partial charge in [-0.25, -0.2) is 8.42 Å². The minimum atomic E-state index is -3.53. The normalized spacial score (nSPS) is 12.1. The number of aromatic nitrogens is 2. The topological polar surface area (TPSA) is 55.2 Å². The monoisotopic (exact) mass is 329 g/mol. The first kappa shape index (κ1) is 15.7. The molecule has 6 heteroatoms. The summed E-state index contributed by atoms with van der Waals surface area (Å²) in [5, 5.41) is 6.12. The van der Waals surface area contributed by atoms with E-state index in [-0.39, 0.29) is 0 Å². The van der Waals surface area contributed by atoms with Crippen LogP contribution in [-0.2, 0) is 23.1 Å². The van der Waals surface area contributed by atoms with E-state index in [9.17, 15) is 8.42 Å². The summed E-state index contributed by atoms with van der Waals surface area (Å²) in [4.78, 5) is 0.307. The van der Waals surface area contributed by atoms with Crippen LogP contribution in [-0.4, -0.2) is 29.6 Å². The van der Waals surface area contributed by atoms with E-state index < -0.39 is 10.0 Å². The standard InChI is InChI=1S/C17H19N3O2S/c1-3-20-13-14(11-18-20)12-19(2)23(21,22)17-9-8-15-6-4-5-7-16(15)10-17/h4-11,13H,3,12H2,1-2H3. The van der Waals surface area contributed by atoms with Crippen LogP contribution < -0.4 is 0 Å². The molecule has 23 heavy (non-hydrogen) atoms. The van der Waals surface area contributed by atoms with Gasteiger partial charge in [0.25, 0.3) is 0 Å². The summed E-state index contributed by atoms with van der Waals surface area (Å²) >= 11 is 0. The molecule has 2 aromatic carbocycles. The Bertz CT molecular complexity index is 932. The van der Waals surface area contributed by atoms with Gasteiger partial charge in [0.05, 0.1) is 11.1 Å². The lowest BCUT2D eigenvalue weighted by atomic mass is 10.1. The van der Waals surface area contributed by atoms with Crippen molar-refractivity contribution in [2.75, 3.05) is 7.05 Å². The average molecular weight is 329 g/mol. The maximum Gasteiger partial charge on any atom is 0.243 e. The maximum absolute atomic E-state index is 12.8. The van der Waals surface area contributed by atoms with E-state index in [0.717, 1.165) is 22.9 Å². The van der Waals surface area contributed by atoms with E-state index in [1.54, 1.807) is 30.1 Å². The summed E-state index contributed by atoms with van der Waals surface area (Å²) in [5.41, 5.74) is 0.874. The van der Waals surface area contributed by atoms with Gasteiger partial charge in [-0.2, -0.15) is 9.40 Å². The Labute approximate surface area is 136 Å². The highest BCUT2D eigenvalue weighted by Crippen LogP contribution is 2.22. The molecule has 0 radical (unpaired) electrons. The van der Waals surface area contributed by atoms with Gasteiger partial charge in [0.2, 0.25) is 10.0 Å². The zero-order valence-electron chi connectivity index (χ0n) is 13.2. The Morgan fingerprint density at radius 2 is 1.87 bits per heavy atom. The van der Waals surface area contributed by atoms with Crippen LogP contribution in [0.4, 0.5) is 0 Å². The molecule has 120 valence electrons. The van der Waals surface area contributed by atoms with E-state index in [4.69, 9.17) is 0 Å². The molecule has 0 aliphatic heterocycles. The second-order valence-corrected chi connectivity index (χ2v) is 7.52. The fourth-order valence-electron chi connectivity index (χ4n) is 2.51. The Kier molecular flexibility index (Phi) is 4.19. The van der Waals surface area contributed by atoms with E-state index in [0.29, 0.717) is 11.4 Å². The molecule has 1 aromatic heterocycles. The Morgan fingerprint density at radius 3 is 2.57 bits per heavy atom. The minimum Gasteiger partial charge on any atom is -0.273 e. The van der Waals surface area contributed by atoms with Gasteiger partial charge in [-0.15, -0.1) is 0 Å². The van der Waals surface area contributed by atoms with Crippen molar-refractivity contribution in [3.63, 3.8) is 0 Å². The van der Waals surface area contributed by atoms with Crippen molar-refractivity contribution in [3.8, 4) is 0 Å². The fraction of sp³-hybridized carbons (Fsp3) is 0.235. The molecule has 0 saturated heterocycles. The average Bonchev–Trinajstić information content (AvgIpc) is 3.02. The molecule has 1 heterocycles. The predicted octanol–water partition coefficient (Wildman–Crippen LogP) is 2.88. The van der Waals surface area contributed by atoms with Gasteiger partial charge in [0.1, 0.15) is 0 Å². The van der Waals surface area contributed by atoms with Crippen LogP contribution in [0.15, 0.2) is 59.8 Å². The van der Waals surface area contributed by atoms with Gasteiger partial charge in [0, 0.05) is 31.9 Å². The number of hydrogen-bond donors (Lipinski definition) is 0. The van der Waals surface area contributed by atoms with Crippen molar-refractivity contribution in [1.29, 1.82) is 0 Å². The van der Waals surface area contributed by atoms with E-state index in [2.05, 4.69) is 5.10 Å². The molecule has 5 nitrogen and oxygen atoms in total. The lowest BCUT2D eigenvalue weighted by molar-refractivity contribution is 0.466. The van der Waals surface area contributed by atoms with Crippen molar-refractivity contribution >= 4 is 20.8 Å². The summed E-state index contributed by atoms with van der Waals surface area (Å²) in [6.07, 6.45) is 3.57. The molecule has 0 bridgehead atoms. The zero-order valence-corrected chi connectivity index (χ0v) is 14.0. The van der Waals surface area contributed by atoms with E-state index in [1.807, 2.05) is 43.5 Å². The second kappa shape index (κ2) is 6.14. The SMILES string of the molecule is CCn1cc(CN(C)S(=O)(=O)c2ccc3ccccc3c2)cn1. The molecule has 0 aliphatic carbocycles. The molecule has 0 fully saturated rings. The number of hydrogen-bond acceptors (Lipinski definition) is 3. The summed E-state index contributed by atoms with van der Waals surface area (Å²) in [7, 11) is -1.94. The van der Waals surface area contributed by atoms with Crippen molar-refractivity contribution in [2.45, 2.75) is 24.9 Å². The number of benzene rings is 2. The number of nitrogens with zero attached hydrogens (tertiary/aromatic N) is 3. The van der Waals surface area contributed by atoms with Crippen LogP contribution >= 0.6 is 0 Å². The van der Waals surface area contributed by atoms with Crippen LogP contribution in [0.3, 0.4) is 0 Å². The summed E-state index contributed by atoms with van der Waals surface area (Å²) in [5.74, 6) is 0. The molecule has 3 rings (SSSR count). The molecular formula is C17H19N3O2S. The second-order valence-electron chi connectivity index (χ2n) is 5.47. The van der Waals surface area contributed by atoms with Gasteiger partial charge < -0.3 is 0 Å². The Hall–Kier alpha value is -2.18. The van der Waals surface area contributed by atoms with Crippen molar-refractivity contribution in [2.24, 2.45) is 0 Å². The van der Waals surface area contributed by atoms with Crippen LogP contribution in [0.2, 0.25) is 0 Å². The minimum absolute atomic E-state index is 0.301. The third-order valence-electron chi connectivity index (χ3n) is 3.85. The molecule has 0 spiro atoms. The highest BCUT2D eigenvalue weighted by atomic mass is 32.2. The quantitative estimate of drug-likeness (QED) is 0.723. The highest BCUT2D eigenvalue weighted by Gasteiger charge is 2.21. The van der Waals surface area contributed by atoms with Crippen molar-refractivity contribution in [1.82, 2.24) is 14.1 Å². The van der Waals surface area contributed by atoms with Crippen LogP contribution in [0.5, 0.6) is 0 Å². The molecule has 0 N–H and O–H groups in total. The van der Waals surface area contributed by atoms with Crippen LogP contribution in [0.1, 0.15) is 12.5 Å². The van der Waals surface area contributed by atoms with Gasteiger partial charge in [0.15, 0.2) is 0 Å². The lowest BCUT2D eigenvalue weighted by Crippen LogP contribution is -2.26. The first-order chi connectivity index (χ1) is 11.0. The van der Waals surface area contributed by atoms with E-state index in [1.165, 1.54) is 4.31 Å². The zero-order chi connectivity index (χ0) is 16.4. The lowest BCUT2D eigenvalue weighted by Gasteiger charge is -2.16. The smallest absolute Gasteiger partial charge is 0.243 e. The first-order valence-corrected chi connectivity index (χ1v) is 8.91. The Morgan fingerprint density at radius 1 is 1.13 bits per heavy atom. The molecule has 0 aliphatic rings. The number of aryl methyl sites for hydroxylation is 1. The summed E-state index contributed by atoms with van der Waals surface area (Å²) in [6.45, 7) is 3.06. The molecular weight excluding hydrogens is 310 g/mol. The van der Waals surface area contributed by atoms with Gasteiger partial charge >= 0.3 is 0 Å². The van der Waals surface area contributed by atoms with Gasteiger partial charge in [-0.1, -0.05) is 30.3 Å². The molecule has 0 saturated carbocycles. The first-order valence-electron chi connectivity index (χ1n) is 7.47. The molecule has 0 atom stereocenters. The summed E-state index contributed by atoms with van der Waals surface area (Å²) in [6, 6.07) is 12.9. The molecule has 0 unspecified atom stereocenters. The Balaban J connectivity index is 1.89. The number of fused-ring (bicyclic) bond motifs is 1. The molecule has 0 amide bonds. The van der Waals surface area contributed by atoms with Crippen LogP contribution in [0, 0.1) is 0 Å². The van der Waals surface area contributed by atoms with Crippen molar-refractivity contribution in [3.05, 3.63) is 60.4 Å². The predicted molar refractivity (Wildman–Crippen MR) is 90.5 cm³/mol. The third kappa shape index (κ3) is 3.13. The third-order valence-corrected chi connectivity index (χ3v) is 5.64. The van der Waals surface area contributed by atoms with Gasteiger partial charge in [-0.05, 0) is 29.8 Å². The van der Waals surface area contributed by atoms with E-state index >= 15 is 0 Å². The maximum atomic E-state index is 12.8. The largest absolute Gasteiger partial charge is 0.273 e. The van der Waals surface area contributed by atoms with Crippen LogP contribution in [0.25, 0.3) is 10.8 Å². The fourth-order valence-corrected chi connectivity index (χ4v) is 3.71. The number of rotatable bonds is 5.